The minimum atomic E-state index is -4.44. The minimum Gasteiger partial charge on any atom is -0.496 e. The van der Waals surface area contributed by atoms with Crippen molar-refractivity contribution in [3.63, 3.8) is 0 Å². The smallest absolute Gasteiger partial charge is 0.420 e. The topological polar surface area (TPSA) is 37.7 Å². The zero-order valence-electron chi connectivity index (χ0n) is 17.0. The molecule has 1 fully saturated rings. The molecule has 1 aliphatic carbocycles. The Balaban J connectivity index is 1.35. The van der Waals surface area contributed by atoms with Crippen LogP contribution in [0.2, 0.25) is 0 Å². The van der Waals surface area contributed by atoms with Crippen molar-refractivity contribution in [3.8, 4) is 5.75 Å². The normalized spacial score (nSPS) is 17.9. The van der Waals surface area contributed by atoms with E-state index in [2.05, 4.69) is 9.47 Å². The third-order valence-corrected chi connectivity index (χ3v) is 6.08. The minimum absolute atomic E-state index is 0.154. The molecule has 0 N–H and O–H groups in total. The van der Waals surface area contributed by atoms with Gasteiger partial charge in [-0.3, -0.25) is 9.69 Å². The number of methoxy groups -OCH3 is 1. The van der Waals surface area contributed by atoms with Crippen LogP contribution in [-0.4, -0.2) is 55.1 Å². The molecule has 0 amide bonds. The predicted molar refractivity (Wildman–Crippen MR) is 108 cm³/mol. The number of halogens is 3. The Hall–Kier alpha value is -2.48. The van der Waals surface area contributed by atoms with Crippen LogP contribution in [0.5, 0.6) is 5.75 Å². The summed E-state index contributed by atoms with van der Waals surface area (Å²) in [5.74, 6) is 0.0831. The Morgan fingerprint density at radius 3 is 2.50 bits per heavy atom. The first-order valence-electron chi connectivity index (χ1n) is 10.3. The van der Waals surface area contributed by atoms with Crippen molar-refractivity contribution in [2.45, 2.75) is 32.0 Å². The van der Waals surface area contributed by atoms with Gasteiger partial charge in [-0.05, 0) is 37.1 Å². The van der Waals surface area contributed by atoms with Gasteiger partial charge in [-0.2, -0.15) is 13.2 Å². The molecule has 0 spiro atoms. The van der Waals surface area contributed by atoms with E-state index in [1.165, 1.54) is 19.2 Å². The number of benzene rings is 1. The van der Waals surface area contributed by atoms with Gasteiger partial charge < -0.3 is 14.2 Å². The van der Waals surface area contributed by atoms with Gasteiger partial charge in [0, 0.05) is 68.8 Å². The van der Waals surface area contributed by atoms with Crippen molar-refractivity contribution in [3.05, 3.63) is 47.3 Å². The molecule has 4 rings (SSSR count). The molecule has 0 bridgehead atoms. The van der Waals surface area contributed by atoms with Gasteiger partial charge in [-0.15, -0.1) is 0 Å². The number of rotatable bonds is 5. The van der Waals surface area contributed by atoms with Crippen molar-refractivity contribution in [2.24, 2.45) is 0 Å². The lowest BCUT2D eigenvalue weighted by Gasteiger charge is -2.36. The summed E-state index contributed by atoms with van der Waals surface area (Å²) >= 11 is 0. The molecule has 1 saturated heterocycles. The SMILES string of the molecule is COc1ccc(N2CCN(CCn3ccc4c3CCCC4=O)CC2)cc1C(F)(F)F. The number of carbonyl (C=O) groups is 1. The van der Waals surface area contributed by atoms with Crippen LogP contribution in [0.25, 0.3) is 0 Å². The number of nitrogens with zero attached hydrogens (tertiary/aromatic N) is 3. The molecule has 2 heterocycles. The lowest BCUT2D eigenvalue weighted by molar-refractivity contribution is -0.138. The third-order valence-electron chi connectivity index (χ3n) is 6.08. The molecule has 162 valence electrons. The highest BCUT2D eigenvalue weighted by Gasteiger charge is 2.35. The molecule has 5 nitrogen and oxygen atoms in total. The number of piperazine rings is 1. The Kier molecular flexibility index (Phi) is 5.77. The number of hydrogen-bond donors (Lipinski definition) is 0. The number of hydrogen-bond acceptors (Lipinski definition) is 4. The number of carbonyl (C=O) groups excluding carboxylic acids is 1. The molecule has 2 aromatic rings. The van der Waals surface area contributed by atoms with Gasteiger partial charge in [0.1, 0.15) is 5.75 Å². The highest BCUT2D eigenvalue weighted by molar-refractivity contribution is 5.98. The molecule has 0 radical (unpaired) electrons. The lowest BCUT2D eigenvalue weighted by Crippen LogP contribution is -2.47. The number of alkyl halides is 3. The summed E-state index contributed by atoms with van der Waals surface area (Å²) in [6.07, 6.45) is 0.0537. The van der Waals surface area contributed by atoms with E-state index in [-0.39, 0.29) is 11.5 Å². The molecule has 1 aromatic carbocycles. The van der Waals surface area contributed by atoms with E-state index < -0.39 is 11.7 Å². The fraction of sp³-hybridized carbons (Fsp3) is 0.500. The maximum Gasteiger partial charge on any atom is 0.420 e. The highest BCUT2D eigenvalue weighted by Crippen LogP contribution is 2.38. The molecule has 2 aliphatic rings. The van der Waals surface area contributed by atoms with Crippen LogP contribution in [0.15, 0.2) is 30.5 Å². The second-order valence-corrected chi connectivity index (χ2v) is 7.86. The number of ether oxygens (including phenoxy) is 1. The summed E-state index contributed by atoms with van der Waals surface area (Å²) in [6, 6.07) is 6.18. The van der Waals surface area contributed by atoms with Crippen molar-refractivity contribution < 1.29 is 22.7 Å². The fourth-order valence-corrected chi connectivity index (χ4v) is 4.39. The maximum atomic E-state index is 13.3. The van der Waals surface area contributed by atoms with Gasteiger partial charge in [0.2, 0.25) is 0 Å². The van der Waals surface area contributed by atoms with Crippen LogP contribution in [0.4, 0.5) is 18.9 Å². The van der Waals surface area contributed by atoms with Crippen LogP contribution in [-0.2, 0) is 19.1 Å². The van der Waals surface area contributed by atoms with E-state index in [4.69, 9.17) is 4.74 Å². The molecule has 30 heavy (non-hydrogen) atoms. The summed E-state index contributed by atoms with van der Waals surface area (Å²) in [7, 11) is 1.25. The average molecular weight is 421 g/mol. The van der Waals surface area contributed by atoms with Crippen molar-refractivity contribution >= 4 is 11.5 Å². The number of Topliss-reactive ketones (excluding diaryl/α,β-unsaturated/α-hetero) is 1. The summed E-state index contributed by atoms with van der Waals surface area (Å²) < 4.78 is 46.9. The van der Waals surface area contributed by atoms with Gasteiger partial charge in [-0.25, -0.2) is 0 Å². The standard InChI is InChI=1S/C22H26F3N3O2/c1-30-21-6-5-16(15-18(21)22(23,24)25)27-12-9-26(10-13-27)11-14-28-8-7-17-19(28)3-2-4-20(17)29/h5-8,15H,2-4,9-14H2,1H3. The summed E-state index contributed by atoms with van der Waals surface area (Å²) in [5, 5.41) is 0. The van der Waals surface area contributed by atoms with Crippen LogP contribution in [0, 0.1) is 0 Å². The summed E-state index contributed by atoms with van der Waals surface area (Å²) in [6.45, 7) is 4.60. The number of aromatic nitrogens is 1. The largest absolute Gasteiger partial charge is 0.496 e. The van der Waals surface area contributed by atoms with E-state index in [0.29, 0.717) is 25.2 Å². The van der Waals surface area contributed by atoms with Gasteiger partial charge in [0.05, 0.1) is 12.7 Å². The molecule has 0 saturated carbocycles. The zero-order valence-corrected chi connectivity index (χ0v) is 17.0. The van der Waals surface area contributed by atoms with Gasteiger partial charge in [0.25, 0.3) is 0 Å². The average Bonchev–Trinajstić information content (AvgIpc) is 3.16. The van der Waals surface area contributed by atoms with Crippen LogP contribution in [0.3, 0.4) is 0 Å². The molecule has 0 unspecified atom stereocenters. The van der Waals surface area contributed by atoms with Crippen LogP contribution >= 0.6 is 0 Å². The molecular weight excluding hydrogens is 395 g/mol. The fourth-order valence-electron chi connectivity index (χ4n) is 4.39. The number of fused-ring (bicyclic) bond motifs is 1. The van der Waals surface area contributed by atoms with Crippen LogP contribution < -0.4 is 9.64 Å². The lowest BCUT2D eigenvalue weighted by atomic mass is 9.97. The van der Waals surface area contributed by atoms with Gasteiger partial charge >= 0.3 is 6.18 Å². The molecular formula is C22H26F3N3O2. The van der Waals surface area contributed by atoms with E-state index in [0.717, 1.165) is 50.3 Å². The molecule has 1 aliphatic heterocycles. The van der Waals surface area contributed by atoms with Gasteiger partial charge in [0.15, 0.2) is 5.78 Å². The first-order valence-corrected chi connectivity index (χ1v) is 10.3. The molecule has 1 aromatic heterocycles. The van der Waals surface area contributed by atoms with Crippen molar-refractivity contribution in [1.29, 1.82) is 0 Å². The number of anilines is 1. The van der Waals surface area contributed by atoms with E-state index in [1.807, 2.05) is 17.2 Å². The summed E-state index contributed by atoms with van der Waals surface area (Å²) in [5.41, 5.74) is 1.84. The molecule has 0 atom stereocenters. The number of ketones is 1. The van der Waals surface area contributed by atoms with E-state index in [9.17, 15) is 18.0 Å². The predicted octanol–water partition coefficient (Wildman–Crippen LogP) is 3.86. The second kappa shape index (κ2) is 8.34. The second-order valence-electron chi connectivity index (χ2n) is 7.86. The Morgan fingerprint density at radius 2 is 1.80 bits per heavy atom. The van der Waals surface area contributed by atoms with Crippen molar-refractivity contribution in [2.75, 3.05) is 44.7 Å². The van der Waals surface area contributed by atoms with Gasteiger partial charge in [-0.1, -0.05) is 0 Å². The maximum absolute atomic E-state index is 13.3. The quantitative estimate of drug-likeness (QED) is 0.735. The zero-order chi connectivity index (χ0) is 21.3. The van der Waals surface area contributed by atoms with E-state index in [1.54, 1.807) is 6.07 Å². The summed E-state index contributed by atoms with van der Waals surface area (Å²) in [4.78, 5) is 16.3. The van der Waals surface area contributed by atoms with Crippen LogP contribution in [0.1, 0.15) is 34.5 Å². The monoisotopic (exact) mass is 421 g/mol. The first-order chi connectivity index (χ1) is 14.4. The Morgan fingerprint density at radius 1 is 1.03 bits per heavy atom. The Labute approximate surface area is 174 Å². The van der Waals surface area contributed by atoms with Crippen molar-refractivity contribution in [1.82, 2.24) is 9.47 Å². The molecule has 8 heteroatoms. The Bertz CT molecular complexity index is 915. The third kappa shape index (κ3) is 4.19. The van der Waals surface area contributed by atoms with E-state index >= 15 is 0 Å². The highest BCUT2D eigenvalue weighted by atomic mass is 19.4. The first kappa shape index (κ1) is 20.8.